The molecule has 0 radical (unpaired) electrons. The van der Waals surface area contributed by atoms with Crippen molar-refractivity contribution in [1.82, 2.24) is 9.88 Å². The summed E-state index contributed by atoms with van der Waals surface area (Å²) in [6.07, 6.45) is 6.00. The molecular weight excluding hydrogens is 464 g/mol. The van der Waals surface area contributed by atoms with Crippen molar-refractivity contribution < 1.29 is 19.7 Å². The fraction of sp³-hybridized carbons (Fsp3) is 0.286. The van der Waals surface area contributed by atoms with Crippen LogP contribution in [0.2, 0.25) is 5.02 Å². The van der Waals surface area contributed by atoms with Crippen molar-refractivity contribution in [2.45, 2.75) is 31.5 Å². The van der Waals surface area contributed by atoms with E-state index in [-0.39, 0.29) is 5.56 Å². The standard InChI is InChI=1S/C28H27ClN2O4/c29-21-8-6-20(7-9-21)28(34)11-15-31(16-12-28)14-2-4-22-23-3-1-13-30-25(23)18-35-26-10-5-19(27(32)33)17-24(22)26/h1,3-10,13,17,34H,2,11-12,14-16,18H2,(H,32,33). The highest BCUT2D eigenvalue weighted by atomic mass is 35.5. The third kappa shape index (κ3) is 4.96. The van der Waals surface area contributed by atoms with Crippen molar-refractivity contribution in [1.29, 1.82) is 0 Å². The molecule has 1 aromatic heterocycles. The van der Waals surface area contributed by atoms with E-state index in [4.69, 9.17) is 16.3 Å². The Kier molecular flexibility index (Phi) is 6.60. The minimum atomic E-state index is -0.968. The lowest BCUT2D eigenvalue weighted by molar-refractivity contribution is -0.0254. The minimum absolute atomic E-state index is 0.225. The molecule has 2 aliphatic rings. The quantitative estimate of drug-likeness (QED) is 0.516. The number of carboxylic acids is 1. The Balaban J connectivity index is 1.33. The van der Waals surface area contributed by atoms with E-state index < -0.39 is 11.6 Å². The fourth-order valence-corrected chi connectivity index (χ4v) is 5.02. The van der Waals surface area contributed by atoms with Crippen molar-refractivity contribution in [3.05, 3.63) is 99.8 Å². The van der Waals surface area contributed by atoms with E-state index in [2.05, 4.69) is 16.0 Å². The summed E-state index contributed by atoms with van der Waals surface area (Å²) in [5.74, 6) is -0.311. The zero-order valence-electron chi connectivity index (χ0n) is 19.3. The number of piperidine rings is 1. The van der Waals surface area contributed by atoms with Crippen LogP contribution in [0.4, 0.5) is 0 Å². The summed E-state index contributed by atoms with van der Waals surface area (Å²) in [6, 6.07) is 16.3. The van der Waals surface area contributed by atoms with Gasteiger partial charge in [0, 0.05) is 42.0 Å². The molecule has 0 unspecified atom stereocenters. The number of aromatic carboxylic acids is 1. The van der Waals surface area contributed by atoms with E-state index >= 15 is 0 Å². The van der Waals surface area contributed by atoms with Crippen molar-refractivity contribution in [3.63, 3.8) is 0 Å². The Morgan fingerprint density at radius 2 is 1.89 bits per heavy atom. The zero-order valence-corrected chi connectivity index (χ0v) is 20.0. The maximum atomic E-state index is 11.6. The number of aromatic nitrogens is 1. The first-order valence-corrected chi connectivity index (χ1v) is 12.2. The van der Waals surface area contributed by atoms with Crippen LogP contribution in [0.3, 0.4) is 0 Å². The van der Waals surface area contributed by atoms with Crippen LogP contribution in [-0.2, 0) is 12.2 Å². The molecule has 2 aliphatic heterocycles. The van der Waals surface area contributed by atoms with Crippen molar-refractivity contribution in [2.24, 2.45) is 0 Å². The summed E-state index contributed by atoms with van der Waals surface area (Å²) in [4.78, 5) is 18.5. The van der Waals surface area contributed by atoms with E-state index in [1.807, 2.05) is 36.4 Å². The number of nitrogens with zero attached hydrogens (tertiary/aromatic N) is 2. The number of pyridine rings is 1. The number of hydrogen-bond acceptors (Lipinski definition) is 5. The molecule has 3 aromatic rings. The van der Waals surface area contributed by atoms with E-state index in [0.717, 1.165) is 54.0 Å². The first kappa shape index (κ1) is 23.5. The number of fused-ring (bicyclic) bond motifs is 2. The summed E-state index contributed by atoms with van der Waals surface area (Å²) < 4.78 is 5.97. The lowest BCUT2D eigenvalue weighted by Gasteiger charge is -2.38. The minimum Gasteiger partial charge on any atom is -0.487 e. The molecule has 0 amide bonds. The number of ether oxygens (including phenoxy) is 1. The molecule has 180 valence electrons. The number of benzene rings is 2. The highest BCUT2D eigenvalue weighted by molar-refractivity contribution is 6.30. The number of aliphatic hydroxyl groups is 1. The lowest BCUT2D eigenvalue weighted by atomic mass is 9.84. The summed E-state index contributed by atoms with van der Waals surface area (Å²) in [7, 11) is 0. The first-order valence-electron chi connectivity index (χ1n) is 11.8. The van der Waals surface area contributed by atoms with E-state index in [1.54, 1.807) is 24.4 Å². The number of carboxylic acid groups (broad SMARTS) is 1. The van der Waals surface area contributed by atoms with Crippen molar-refractivity contribution in [3.8, 4) is 5.75 Å². The molecule has 0 spiro atoms. The average Bonchev–Trinajstić information content (AvgIpc) is 3.02. The molecular formula is C28H27ClN2O4. The Labute approximate surface area is 209 Å². The fourth-order valence-electron chi connectivity index (χ4n) is 4.90. The van der Waals surface area contributed by atoms with Crippen LogP contribution in [-0.4, -0.2) is 45.7 Å². The van der Waals surface area contributed by atoms with Crippen molar-refractivity contribution >= 4 is 23.1 Å². The van der Waals surface area contributed by atoms with Crippen LogP contribution in [0.15, 0.2) is 66.9 Å². The van der Waals surface area contributed by atoms with Gasteiger partial charge in [-0.3, -0.25) is 4.98 Å². The molecule has 1 fully saturated rings. The van der Waals surface area contributed by atoms with Crippen LogP contribution in [0.5, 0.6) is 5.75 Å². The molecule has 0 bridgehead atoms. The van der Waals surface area contributed by atoms with Gasteiger partial charge in [0.05, 0.1) is 16.9 Å². The Bertz CT molecular complexity index is 1260. The predicted molar refractivity (Wildman–Crippen MR) is 135 cm³/mol. The summed E-state index contributed by atoms with van der Waals surface area (Å²) in [5.41, 5.74) is 3.82. The van der Waals surface area contributed by atoms with Gasteiger partial charge in [0.2, 0.25) is 0 Å². The van der Waals surface area contributed by atoms with Crippen LogP contribution >= 0.6 is 11.6 Å². The van der Waals surface area contributed by atoms with Gasteiger partial charge < -0.3 is 19.8 Å². The molecule has 0 aliphatic carbocycles. The second-order valence-corrected chi connectivity index (χ2v) is 9.53. The number of hydrogen-bond donors (Lipinski definition) is 2. The maximum absolute atomic E-state index is 11.6. The molecule has 3 heterocycles. The topological polar surface area (TPSA) is 82.9 Å². The van der Waals surface area contributed by atoms with E-state index in [9.17, 15) is 15.0 Å². The van der Waals surface area contributed by atoms with E-state index in [1.165, 1.54) is 0 Å². The van der Waals surface area contributed by atoms with Gasteiger partial charge in [-0.2, -0.15) is 0 Å². The van der Waals surface area contributed by atoms with Gasteiger partial charge >= 0.3 is 5.97 Å². The summed E-state index contributed by atoms with van der Waals surface area (Å²) in [5, 5.41) is 21.3. The first-order chi connectivity index (χ1) is 16.9. The van der Waals surface area contributed by atoms with Gasteiger partial charge in [0.25, 0.3) is 0 Å². The van der Waals surface area contributed by atoms with Gasteiger partial charge in [-0.15, -0.1) is 0 Å². The van der Waals surface area contributed by atoms with E-state index in [0.29, 0.717) is 30.2 Å². The molecule has 6 nitrogen and oxygen atoms in total. The zero-order chi connectivity index (χ0) is 24.4. The SMILES string of the molecule is O=C(O)c1ccc2c(c1)C(=CCCN1CCC(O)(c3ccc(Cl)cc3)CC1)c1cccnc1CO2. The van der Waals surface area contributed by atoms with Gasteiger partial charge in [0.1, 0.15) is 12.4 Å². The molecule has 35 heavy (non-hydrogen) atoms. The molecule has 1 saturated heterocycles. The van der Waals surface area contributed by atoms with Gasteiger partial charge in [0.15, 0.2) is 0 Å². The van der Waals surface area contributed by atoms with Crippen LogP contribution in [0.1, 0.15) is 52.0 Å². The Hall–Kier alpha value is -3.19. The Morgan fingerprint density at radius 3 is 2.63 bits per heavy atom. The average molecular weight is 491 g/mol. The number of rotatable bonds is 5. The second kappa shape index (κ2) is 9.82. The van der Waals surface area contributed by atoms with Crippen molar-refractivity contribution in [2.75, 3.05) is 19.6 Å². The van der Waals surface area contributed by atoms with Gasteiger partial charge in [-0.1, -0.05) is 35.9 Å². The molecule has 2 aromatic carbocycles. The van der Waals surface area contributed by atoms with Gasteiger partial charge in [-0.25, -0.2) is 4.79 Å². The molecule has 0 saturated carbocycles. The van der Waals surface area contributed by atoms with Crippen LogP contribution < -0.4 is 4.74 Å². The lowest BCUT2D eigenvalue weighted by Crippen LogP contribution is -2.42. The third-order valence-electron chi connectivity index (χ3n) is 6.92. The molecule has 5 rings (SSSR count). The van der Waals surface area contributed by atoms with Gasteiger partial charge in [-0.05, 0) is 66.8 Å². The number of halogens is 1. The monoisotopic (exact) mass is 490 g/mol. The highest BCUT2D eigenvalue weighted by Gasteiger charge is 2.33. The highest BCUT2D eigenvalue weighted by Crippen LogP contribution is 2.37. The number of carbonyl (C=O) groups is 1. The number of likely N-dealkylation sites (tertiary alicyclic amines) is 1. The molecule has 2 N–H and O–H groups in total. The third-order valence-corrected chi connectivity index (χ3v) is 7.17. The van der Waals surface area contributed by atoms with Crippen LogP contribution in [0, 0.1) is 0 Å². The molecule has 7 heteroatoms. The summed E-state index contributed by atoms with van der Waals surface area (Å²) >= 11 is 6.00. The predicted octanol–water partition coefficient (Wildman–Crippen LogP) is 5.13. The largest absolute Gasteiger partial charge is 0.487 e. The second-order valence-electron chi connectivity index (χ2n) is 9.09. The smallest absolute Gasteiger partial charge is 0.335 e. The normalized spacial score (nSPS) is 18.3. The molecule has 0 atom stereocenters. The Morgan fingerprint density at radius 1 is 1.11 bits per heavy atom. The summed E-state index contributed by atoms with van der Waals surface area (Å²) in [6.45, 7) is 2.76. The van der Waals surface area contributed by atoms with Crippen LogP contribution in [0.25, 0.3) is 5.57 Å². The maximum Gasteiger partial charge on any atom is 0.335 e.